The van der Waals surface area contributed by atoms with Gasteiger partial charge in [0.1, 0.15) is 0 Å². The molecule has 0 aliphatic heterocycles. The van der Waals surface area contributed by atoms with Crippen LogP contribution in [0.1, 0.15) is 17.3 Å². The standard InChI is InChI=1S/C16H15N3O/c1-2-19(16(20)13-10-17-18-11-13)15-9-5-7-12-6-3-4-8-14(12)15/h3-11H,2H2,1H3,(H,17,18). The molecule has 20 heavy (non-hydrogen) atoms. The summed E-state index contributed by atoms with van der Waals surface area (Å²) in [7, 11) is 0. The van der Waals surface area contributed by atoms with Gasteiger partial charge in [-0.3, -0.25) is 9.89 Å². The molecule has 0 saturated carbocycles. The van der Waals surface area contributed by atoms with Crippen molar-refractivity contribution in [2.75, 3.05) is 11.4 Å². The molecule has 1 N–H and O–H groups in total. The predicted octanol–water partition coefficient (Wildman–Crippen LogP) is 3.23. The lowest BCUT2D eigenvalue weighted by Crippen LogP contribution is -2.30. The Bertz CT molecular complexity index is 729. The molecular formula is C16H15N3O. The van der Waals surface area contributed by atoms with E-state index in [4.69, 9.17) is 0 Å². The number of fused-ring (bicyclic) bond motifs is 1. The van der Waals surface area contributed by atoms with E-state index in [0.29, 0.717) is 12.1 Å². The summed E-state index contributed by atoms with van der Waals surface area (Å²) >= 11 is 0. The average Bonchev–Trinajstić information content (AvgIpc) is 3.02. The van der Waals surface area contributed by atoms with Gasteiger partial charge in [-0.1, -0.05) is 36.4 Å². The zero-order chi connectivity index (χ0) is 13.9. The number of H-pyrrole nitrogens is 1. The van der Waals surface area contributed by atoms with Crippen LogP contribution in [0.15, 0.2) is 54.9 Å². The molecule has 1 heterocycles. The maximum absolute atomic E-state index is 12.5. The molecular weight excluding hydrogens is 250 g/mol. The molecule has 100 valence electrons. The fourth-order valence-electron chi connectivity index (χ4n) is 2.39. The van der Waals surface area contributed by atoms with Crippen LogP contribution >= 0.6 is 0 Å². The molecule has 2 aromatic carbocycles. The Kier molecular flexibility index (Phi) is 3.21. The minimum absolute atomic E-state index is 0.0439. The Hall–Kier alpha value is -2.62. The SMILES string of the molecule is CCN(C(=O)c1cn[nH]c1)c1cccc2ccccc12. The number of hydrogen-bond acceptors (Lipinski definition) is 2. The fourth-order valence-corrected chi connectivity index (χ4v) is 2.39. The van der Waals surface area contributed by atoms with Crippen LogP contribution in [0.4, 0.5) is 5.69 Å². The van der Waals surface area contributed by atoms with Gasteiger partial charge >= 0.3 is 0 Å². The zero-order valence-corrected chi connectivity index (χ0v) is 11.2. The van der Waals surface area contributed by atoms with Gasteiger partial charge in [-0.25, -0.2) is 0 Å². The number of carbonyl (C=O) groups is 1. The summed E-state index contributed by atoms with van der Waals surface area (Å²) in [5.74, 6) is -0.0439. The molecule has 0 spiro atoms. The third-order valence-electron chi connectivity index (χ3n) is 3.36. The van der Waals surface area contributed by atoms with Crippen molar-refractivity contribution in [3.8, 4) is 0 Å². The smallest absolute Gasteiger partial charge is 0.261 e. The summed E-state index contributed by atoms with van der Waals surface area (Å²) in [6.07, 6.45) is 3.17. The molecule has 0 atom stereocenters. The first-order valence-electron chi connectivity index (χ1n) is 6.59. The number of benzene rings is 2. The number of rotatable bonds is 3. The minimum Gasteiger partial charge on any atom is -0.308 e. The van der Waals surface area contributed by atoms with Gasteiger partial charge in [-0.15, -0.1) is 0 Å². The van der Waals surface area contributed by atoms with Gasteiger partial charge in [0, 0.05) is 18.1 Å². The summed E-state index contributed by atoms with van der Waals surface area (Å²) in [6.45, 7) is 2.58. The van der Waals surface area contributed by atoms with Crippen molar-refractivity contribution in [1.82, 2.24) is 10.2 Å². The van der Waals surface area contributed by atoms with Crippen LogP contribution in [0, 0.1) is 0 Å². The van der Waals surface area contributed by atoms with E-state index in [1.807, 2.05) is 37.3 Å². The lowest BCUT2D eigenvalue weighted by Gasteiger charge is -2.22. The molecule has 0 aliphatic rings. The quantitative estimate of drug-likeness (QED) is 0.790. The molecule has 4 nitrogen and oxygen atoms in total. The molecule has 3 aromatic rings. The first kappa shape index (κ1) is 12.4. The Morgan fingerprint density at radius 1 is 1.20 bits per heavy atom. The van der Waals surface area contributed by atoms with Crippen LogP contribution in [-0.2, 0) is 0 Å². The van der Waals surface area contributed by atoms with Crippen LogP contribution in [0.2, 0.25) is 0 Å². The highest BCUT2D eigenvalue weighted by molar-refractivity contribution is 6.10. The van der Waals surface area contributed by atoms with Crippen molar-refractivity contribution in [3.05, 3.63) is 60.4 Å². The molecule has 0 bridgehead atoms. The topological polar surface area (TPSA) is 49.0 Å². The molecule has 4 heteroatoms. The Labute approximate surface area is 117 Å². The van der Waals surface area contributed by atoms with Gasteiger partial charge in [0.05, 0.1) is 17.4 Å². The van der Waals surface area contributed by atoms with Gasteiger partial charge in [0.2, 0.25) is 0 Å². The molecule has 3 rings (SSSR count). The number of hydrogen-bond donors (Lipinski definition) is 1. The van der Waals surface area contributed by atoms with Crippen LogP contribution in [0.25, 0.3) is 10.8 Å². The maximum atomic E-state index is 12.5. The molecule has 0 radical (unpaired) electrons. The number of aromatic amines is 1. The molecule has 1 amide bonds. The molecule has 0 unspecified atom stereocenters. The second kappa shape index (κ2) is 5.17. The Morgan fingerprint density at radius 2 is 2.00 bits per heavy atom. The Morgan fingerprint density at radius 3 is 2.75 bits per heavy atom. The van der Waals surface area contributed by atoms with E-state index in [0.717, 1.165) is 16.5 Å². The summed E-state index contributed by atoms with van der Waals surface area (Å²) in [6, 6.07) is 14.1. The molecule has 0 aliphatic carbocycles. The van der Waals surface area contributed by atoms with E-state index >= 15 is 0 Å². The van der Waals surface area contributed by atoms with Crippen molar-refractivity contribution in [2.24, 2.45) is 0 Å². The summed E-state index contributed by atoms with van der Waals surface area (Å²) in [5.41, 5.74) is 1.50. The Balaban J connectivity index is 2.10. The lowest BCUT2D eigenvalue weighted by atomic mass is 10.1. The number of amides is 1. The minimum atomic E-state index is -0.0439. The summed E-state index contributed by atoms with van der Waals surface area (Å²) in [5, 5.41) is 8.73. The van der Waals surface area contributed by atoms with E-state index in [2.05, 4.69) is 22.3 Å². The number of anilines is 1. The maximum Gasteiger partial charge on any atom is 0.261 e. The lowest BCUT2D eigenvalue weighted by molar-refractivity contribution is 0.0988. The van der Waals surface area contributed by atoms with Crippen molar-refractivity contribution >= 4 is 22.4 Å². The number of nitrogens with one attached hydrogen (secondary N) is 1. The zero-order valence-electron chi connectivity index (χ0n) is 11.2. The summed E-state index contributed by atoms with van der Waals surface area (Å²) < 4.78 is 0. The fraction of sp³-hybridized carbons (Fsp3) is 0.125. The highest BCUT2D eigenvalue weighted by Crippen LogP contribution is 2.27. The molecule has 0 fully saturated rings. The number of aromatic nitrogens is 2. The van der Waals surface area contributed by atoms with Gasteiger partial charge in [-0.05, 0) is 18.4 Å². The van der Waals surface area contributed by atoms with E-state index in [1.54, 1.807) is 17.3 Å². The van der Waals surface area contributed by atoms with Crippen LogP contribution < -0.4 is 4.90 Å². The van der Waals surface area contributed by atoms with Gasteiger partial charge in [0.15, 0.2) is 0 Å². The van der Waals surface area contributed by atoms with Crippen LogP contribution in [0.3, 0.4) is 0 Å². The number of nitrogens with zero attached hydrogens (tertiary/aromatic N) is 2. The molecule has 1 aromatic heterocycles. The van der Waals surface area contributed by atoms with E-state index < -0.39 is 0 Å². The van der Waals surface area contributed by atoms with E-state index in [1.165, 1.54) is 0 Å². The van der Waals surface area contributed by atoms with Crippen LogP contribution in [0.5, 0.6) is 0 Å². The normalized spacial score (nSPS) is 10.7. The predicted molar refractivity (Wildman–Crippen MR) is 79.9 cm³/mol. The van der Waals surface area contributed by atoms with Gasteiger partial charge in [0.25, 0.3) is 5.91 Å². The van der Waals surface area contributed by atoms with Gasteiger partial charge in [-0.2, -0.15) is 5.10 Å². The first-order valence-corrected chi connectivity index (χ1v) is 6.59. The van der Waals surface area contributed by atoms with E-state index in [-0.39, 0.29) is 5.91 Å². The van der Waals surface area contributed by atoms with Crippen molar-refractivity contribution in [3.63, 3.8) is 0 Å². The second-order valence-electron chi connectivity index (χ2n) is 4.53. The highest BCUT2D eigenvalue weighted by atomic mass is 16.2. The number of carbonyl (C=O) groups excluding carboxylic acids is 1. The third kappa shape index (κ3) is 2.05. The largest absolute Gasteiger partial charge is 0.308 e. The monoisotopic (exact) mass is 265 g/mol. The van der Waals surface area contributed by atoms with Gasteiger partial charge < -0.3 is 4.90 Å². The molecule has 0 saturated heterocycles. The summed E-state index contributed by atoms with van der Waals surface area (Å²) in [4.78, 5) is 14.3. The van der Waals surface area contributed by atoms with Crippen LogP contribution in [-0.4, -0.2) is 22.6 Å². The second-order valence-corrected chi connectivity index (χ2v) is 4.53. The van der Waals surface area contributed by atoms with E-state index in [9.17, 15) is 4.79 Å². The first-order chi connectivity index (χ1) is 9.81. The van der Waals surface area contributed by atoms with Crippen molar-refractivity contribution in [1.29, 1.82) is 0 Å². The van der Waals surface area contributed by atoms with Crippen molar-refractivity contribution < 1.29 is 4.79 Å². The third-order valence-corrected chi connectivity index (χ3v) is 3.36. The highest BCUT2D eigenvalue weighted by Gasteiger charge is 2.18. The van der Waals surface area contributed by atoms with Crippen molar-refractivity contribution in [2.45, 2.75) is 6.92 Å². The average molecular weight is 265 g/mol.